The third-order valence-corrected chi connectivity index (χ3v) is 15.9. The topological polar surface area (TPSA) is 307 Å². The number of nitrogens with one attached hydrogen (secondary N) is 1. The molecule has 0 aromatic heterocycles. The molecule has 0 radical (unpaired) electrons. The molecule has 3 rings (SSSR count). The summed E-state index contributed by atoms with van der Waals surface area (Å²) < 4.78 is 34.2. The maximum atomic E-state index is 13.3. The molecule has 3 saturated heterocycles. The Kier molecular flexibility index (Phi) is 49.4. The summed E-state index contributed by atoms with van der Waals surface area (Å²) in [6, 6.07) is -1.03. The fourth-order valence-corrected chi connectivity index (χ4v) is 10.2. The first-order valence-corrected chi connectivity index (χ1v) is 35.0. The summed E-state index contributed by atoms with van der Waals surface area (Å²) in [4.78, 5) is 13.3. The number of aliphatic hydroxyl groups is 11. The second-order valence-corrected chi connectivity index (χ2v) is 23.9. The molecule has 17 unspecified atom stereocenters. The van der Waals surface area contributed by atoms with Crippen molar-refractivity contribution in [1.82, 2.24) is 5.32 Å². The lowest BCUT2D eigenvalue weighted by molar-refractivity contribution is -0.379. The van der Waals surface area contributed by atoms with Gasteiger partial charge in [0.1, 0.15) is 73.2 Å². The molecule has 0 saturated carbocycles. The molecule has 12 N–H and O–H groups in total. The van der Waals surface area contributed by atoms with Gasteiger partial charge in [-0.05, 0) is 128 Å². The van der Waals surface area contributed by atoms with Crippen molar-refractivity contribution in [1.29, 1.82) is 0 Å². The highest BCUT2D eigenvalue weighted by Crippen LogP contribution is 2.33. The van der Waals surface area contributed by atoms with Crippen LogP contribution in [0, 0.1) is 0 Å². The van der Waals surface area contributed by atoms with Gasteiger partial charge in [0, 0.05) is 6.42 Å². The molecule has 3 aliphatic rings. The Hall–Kier alpha value is -5.11. The van der Waals surface area contributed by atoms with E-state index in [1.54, 1.807) is 12.2 Å². The molecule has 19 heteroatoms. The average Bonchev–Trinajstić information content (AvgIpc) is 0.787. The number of carbonyl (C=O) groups is 1. The Labute approximate surface area is 572 Å². The van der Waals surface area contributed by atoms with Gasteiger partial charge in [-0.2, -0.15) is 0 Å². The fraction of sp³-hybridized carbons (Fsp3) is 0.597. The highest BCUT2D eigenvalue weighted by molar-refractivity contribution is 5.76. The van der Waals surface area contributed by atoms with Gasteiger partial charge in [-0.1, -0.05) is 209 Å². The van der Waals surface area contributed by atoms with Crippen molar-refractivity contribution in [2.45, 2.75) is 266 Å². The van der Waals surface area contributed by atoms with E-state index >= 15 is 0 Å². The standard InChI is InChI=1S/C77H119NO18/c1-3-5-7-9-11-13-15-17-18-19-20-21-22-23-24-25-26-27-28-29-30-31-32-33-34-35-36-37-38-39-40-41-42-43-45-47-49-51-53-55-65(83)78-60(61(82)54-52-50-48-46-44-16-14-12-10-8-6-4-2)59-91-75-71(89)68(86)73(63(57-80)93-75)96-77-72(90)69(87)74(64(58-81)94-77)95-76-70(88)67(85)66(84)62(56-79)92-76/h5,7,10-13,17-18,20-21,23-24,26-27,29-30,32-33,35-36,38-39,41-42,44-47,52,54,60-64,66-77,79-82,84-90H,3-4,6,8-9,14-16,19,22,25,28,31,34,37,40,43,48-51,53,55-59H2,1-2H3,(H,78,83)/b7-5-,12-10+,13-11-,18-17-,21-20-,24-23-,27-26-,30-29-,33-32-,36-35-,39-38-,42-41-,46-44+,47-45-,54-52+. The quantitative estimate of drug-likeness (QED) is 0.0199. The van der Waals surface area contributed by atoms with Gasteiger partial charge < -0.3 is 89.9 Å². The zero-order valence-corrected chi connectivity index (χ0v) is 57.0. The van der Waals surface area contributed by atoms with Crippen molar-refractivity contribution in [3.05, 3.63) is 182 Å². The van der Waals surface area contributed by atoms with Crippen LogP contribution in [-0.4, -0.2) is 193 Å². The maximum absolute atomic E-state index is 13.3. The second kappa shape index (κ2) is 55.7. The Morgan fingerprint density at radius 2 is 0.719 bits per heavy atom. The van der Waals surface area contributed by atoms with Crippen molar-refractivity contribution in [2.24, 2.45) is 0 Å². The number of carbonyl (C=O) groups excluding carboxylic acids is 1. The lowest BCUT2D eigenvalue weighted by Crippen LogP contribution is -2.66. The van der Waals surface area contributed by atoms with Crippen LogP contribution in [0.5, 0.6) is 0 Å². The number of unbranched alkanes of at least 4 members (excludes halogenated alkanes) is 6. The molecule has 0 bridgehead atoms. The number of ether oxygens (including phenoxy) is 6. The summed E-state index contributed by atoms with van der Waals surface area (Å²) in [5.74, 6) is -0.343. The SMILES string of the molecule is CC/C=C\C/C=C\C/C=C\C/C=C\C/C=C\C/C=C\C/C=C\C/C=C\C/C=C\C/C=C\C/C=C\C/C=C\CCCCC(=O)NC(COC1OC(CO)C(OC2OC(CO)C(OC3OC(CO)C(O)C(O)C3O)C(O)C2O)C(O)C1O)C(O)/C=C/CC/C=C/CC/C=C/CCCC. The van der Waals surface area contributed by atoms with Gasteiger partial charge in [0.15, 0.2) is 18.9 Å². The monoisotopic (exact) mass is 1350 g/mol. The van der Waals surface area contributed by atoms with Crippen LogP contribution in [0.4, 0.5) is 0 Å². The van der Waals surface area contributed by atoms with Crippen molar-refractivity contribution >= 4 is 5.91 Å². The van der Waals surface area contributed by atoms with Gasteiger partial charge in [-0.15, -0.1) is 0 Å². The molecule has 3 heterocycles. The van der Waals surface area contributed by atoms with Crippen LogP contribution in [0.15, 0.2) is 182 Å². The highest BCUT2D eigenvalue weighted by Gasteiger charge is 2.53. The predicted molar refractivity (Wildman–Crippen MR) is 378 cm³/mol. The molecule has 0 aliphatic carbocycles. The molecule has 96 heavy (non-hydrogen) atoms. The molecule has 0 aromatic carbocycles. The highest BCUT2D eigenvalue weighted by atomic mass is 16.8. The van der Waals surface area contributed by atoms with Crippen LogP contribution in [-0.2, 0) is 33.2 Å². The Balaban J connectivity index is 1.38. The van der Waals surface area contributed by atoms with E-state index in [0.717, 1.165) is 122 Å². The van der Waals surface area contributed by atoms with Gasteiger partial charge in [-0.25, -0.2) is 0 Å². The second-order valence-electron chi connectivity index (χ2n) is 23.9. The zero-order chi connectivity index (χ0) is 69.6. The number of hydrogen-bond donors (Lipinski definition) is 12. The predicted octanol–water partition coefficient (Wildman–Crippen LogP) is 9.65. The molecule has 540 valence electrons. The summed E-state index contributed by atoms with van der Waals surface area (Å²) in [6.45, 7) is 1.45. The lowest BCUT2D eigenvalue weighted by Gasteiger charge is -2.48. The number of amides is 1. The van der Waals surface area contributed by atoms with E-state index in [2.05, 4.69) is 189 Å². The van der Waals surface area contributed by atoms with Crippen LogP contribution in [0.3, 0.4) is 0 Å². The summed E-state index contributed by atoms with van der Waals surface area (Å²) in [5.41, 5.74) is 0. The molecule has 0 aromatic rings. The minimum Gasteiger partial charge on any atom is -0.394 e. The summed E-state index contributed by atoms with van der Waals surface area (Å²) in [6.07, 6.45) is 57.5. The Bertz CT molecular complexity index is 2450. The smallest absolute Gasteiger partial charge is 0.220 e. The maximum Gasteiger partial charge on any atom is 0.220 e. The van der Waals surface area contributed by atoms with Crippen LogP contribution in [0.25, 0.3) is 0 Å². The van der Waals surface area contributed by atoms with Gasteiger partial charge in [0.25, 0.3) is 0 Å². The number of hydrogen-bond acceptors (Lipinski definition) is 18. The van der Waals surface area contributed by atoms with Crippen LogP contribution in [0.1, 0.15) is 162 Å². The van der Waals surface area contributed by atoms with Crippen molar-refractivity contribution in [3.63, 3.8) is 0 Å². The molecule has 17 atom stereocenters. The zero-order valence-electron chi connectivity index (χ0n) is 57.0. The third kappa shape index (κ3) is 36.6. The van der Waals surface area contributed by atoms with E-state index in [1.165, 1.54) is 6.42 Å². The lowest BCUT2D eigenvalue weighted by atomic mass is 9.96. The largest absolute Gasteiger partial charge is 0.394 e. The third-order valence-electron chi connectivity index (χ3n) is 15.9. The number of rotatable bonds is 50. The molecule has 1 amide bonds. The normalized spacial score (nSPS) is 28.2. The fourth-order valence-electron chi connectivity index (χ4n) is 10.2. The number of aliphatic hydroxyl groups excluding tert-OH is 11. The van der Waals surface area contributed by atoms with Crippen LogP contribution < -0.4 is 5.32 Å². The molecule has 0 spiro atoms. The first-order valence-electron chi connectivity index (χ1n) is 35.0. The first kappa shape index (κ1) is 85.1. The average molecular weight is 1350 g/mol. The van der Waals surface area contributed by atoms with Gasteiger partial charge in [0.05, 0.1) is 38.6 Å². The van der Waals surface area contributed by atoms with Crippen molar-refractivity contribution < 1.29 is 89.4 Å². The van der Waals surface area contributed by atoms with E-state index < -0.39 is 131 Å². The van der Waals surface area contributed by atoms with Crippen molar-refractivity contribution in [3.8, 4) is 0 Å². The summed E-state index contributed by atoms with van der Waals surface area (Å²) in [5, 5.41) is 120. The number of allylic oxidation sites excluding steroid dienone is 29. The van der Waals surface area contributed by atoms with E-state index in [-0.39, 0.29) is 12.3 Å². The molecular formula is C77H119NO18. The summed E-state index contributed by atoms with van der Waals surface area (Å²) >= 11 is 0. The van der Waals surface area contributed by atoms with Gasteiger partial charge in [-0.3, -0.25) is 4.79 Å². The Morgan fingerprint density at radius 3 is 1.12 bits per heavy atom. The van der Waals surface area contributed by atoms with E-state index in [0.29, 0.717) is 12.8 Å². The first-order chi connectivity index (χ1) is 46.8. The van der Waals surface area contributed by atoms with Crippen molar-refractivity contribution in [2.75, 3.05) is 26.4 Å². The van der Waals surface area contributed by atoms with E-state index in [9.17, 15) is 61.0 Å². The minimum absolute atomic E-state index is 0.163. The van der Waals surface area contributed by atoms with Crippen LogP contribution in [0.2, 0.25) is 0 Å². The van der Waals surface area contributed by atoms with Gasteiger partial charge in [0.2, 0.25) is 5.91 Å². The molecular weight excluding hydrogens is 1230 g/mol. The van der Waals surface area contributed by atoms with E-state index in [1.807, 2.05) is 0 Å². The minimum atomic E-state index is -2.00. The molecule has 19 nitrogen and oxygen atoms in total. The summed E-state index contributed by atoms with van der Waals surface area (Å²) in [7, 11) is 0. The van der Waals surface area contributed by atoms with Gasteiger partial charge >= 0.3 is 0 Å². The van der Waals surface area contributed by atoms with Crippen LogP contribution >= 0.6 is 0 Å². The van der Waals surface area contributed by atoms with E-state index in [4.69, 9.17) is 28.4 Å². The Morgan fingerprint density at radius 1 is 0.385 bits per heavy atom. The molecule has 3 fully saturated rings. The molecule has 3 aliphatic heterocycles.